The molecule has 1 amide bonds. The number of carboxylic acid groups (broad SMARTS) is 1. The third kappa shape index (κ3) is 3.95. The van der Waals surface area contributed by atoms with Crippen LogP contribution in [0, 0.1) is 5.92 Å². The first kappa shape index (κ1) is 18.4. The minimum Gasteiger partial charge on any atom is -0.481 e. The number of carboxylic acids is 1. The van der Waals surface area contributed by atoms with Gasteiger partial charge in [0.1, 0.15) is 0 Å². The highest BCUT2D eigenvalue weighted by atomic mass is 32.2. The molecule has 1 aliphatic rings. The Balaban J connectivity index is 2.09. The summed E-state index contributed by atoms with van der Waals surface area (Å²) in [6.45, 7) is 3.14. The summed E-state index contributed by atoms with van der Waals surface area (Å²) in [7, 11) is -3.34. The van der Waals surface area contributed by atoms with E-state index in [1.54, 1.807) is 6.92 Å². The molecule has 0 aromatic heterocycles. The number of carbonyl (C=O) groups excluding carboxylic acids is 1. The van der Waals surface area contributed by atoms with Gasteiger partial charge in [0.05, 0.1) is 16.1 Å². The van der Waals surface area contributed by atoms with Crippen molar-refractivity contribution in [1.29, 1.82) is 0 Å². The van der Waals surface area contributed by atoms with Gasteiger partial charge in [0.15, 0.2) is 9.84 Å². The fraction of sp³-hybridized carbons (Fsp3) is 0.529. The SMILES string of the molecule is CC(NC(=O)c1ccc(S(=O)(=O)C2CCCC2)cc1)C(C)C(=O)O. The summed E-state index contributed by atoms with van der Waals surface area (Å²) in [4.78, 5) is 23.3. The van der Waals surface area contributed by atoms with Crippen molar-refractivity contribution in [2.45, 2.75) is 55.7 Å². The molecule has 2 N–H and O–H groups in total. The van der Waals surface area contributed by atoms with E-state index in [0.717, 1.165) is 12.8 Å². The number of amides is 1. The normalized spacial score (nSPS) is 18.1. The molecule has 2 atom stereocenters. The predicted octanol–water partition coefficient (Wildman–Crippen LogP) is 2.24. The Morgan fingerprint density at radius 3 is 2.17 bits per heavy atom. The van der Waals surface area contributed by atoms with E-state index in [9.17, 15) is 18.0 Å². The summed E-state index contributed by atoms with van der Waals surface area (Å²) in [6.07, 6.45) is 3.25. The molecule has 0 bridgehead atoms. The topological polar surface area (TPSA) is 101 Å². The standard InChI is InChI=1S/C17H23NO5S/c1-11(17(20)21)12(2)18-16(19)13-7-9-15(10-8-13)24(22,23)14-5-3-4-6-14/h7-12,14H,3-6H2,1-2H3,(H,18,19)(H,20,21). The van der Waals surface area contributed by atoms with Gasteiger partial charge in [0, 0.05) is 11.6 Å². The van der Waals surface area contributed by atoms with Crippen LogP contribution in [0.25, 0.3) is 0 Å². The monoisotopic (exact) mass is 353 g/mol. The van der Waals surface area contributed by atoms with Crippen molar-refractivity contribution < 1.29 is 23.1 Å². The van der Waals surface area contributed by atoms with Gasteiger partial charge in [-0.2, -0.15) is 0 Å². The van der Waals surface area contributed by atoms with Gasteiger partial charge in [-0.05, 0) is 51.0 Å². The summed E-state index contributed by atoms with van der Waals surface area (Å²) in [5.41, 5.74) is 0.310. The van der Waals surface area contributed by atoms with Gasteiger partial charge in [0.25, 0.3) is 5.91 Å². The van der Waals surface area contributed by atoms with Crippen molar-refractivity contribution in [3.63, 3.8) is 0 Å². The number of hydrogen-bond donors (Lipinski definition) is 2. The first-order chi connectivity index (χ1) is 11.2. The molecule has 6 nitrogen and oxygen atoms in total. The maximum Gasteiger partial charge on any atom is 0.308 e. The van der Waals surface area contributed by atoms with Gasteiger partial charge in [-0.1, -0.05) is 12.8 Å². The smallest absolute Gasteiger partial charge is 0.308 e. The minimum atomic E-state index is -3.34. The van der Waals surface area contributed by atoms with E-state index in [-0.39, 0.29) is 10.1 Å². The van der Waals surface area contributed by atoms with E-state index >= 15 is 0 Å². The zero-order chi connectivity index (χ0) is 17.9. The van der Waals surface area contributed by atoms with Crippen LogP contribution in [0.5, 0.6) is 0 Å². The molecule has 0 aliphatic heterocycles. The number of aliphatic carboxylic acids is 1. The van der Waals surface area contributed by atoms with Crippen LogP contribution in [0.4, 0.5) is 0 Å². The minimum absolute atomic E-state index is 0.234. The van der Waals surface area contributed by atoms with E-state index in [2.05, 4.69) is 5.32 Å². The van der Waals surface area contributed by atoms with Gasteiger partial charge in [-0.3, -0.25) is 9.59 Å². The Morgan fingerprint density at radius 1 is 1.12 bits per heavy atom. The number of hydrogen-bond acceptors (Lipinski definition) is 4. The van der Waals surface area contributed by atoms with Crippen LogP contribution in [-0.2, 0) is 14.6 Å². The third-order valence-corrected chi connectivity index (χ3v) is 6.96. The Hall–Kier alpha value is -1.89. The van der Waals surface area contributed by atoms with E-state index in [0.29, 0.717) is 18.4 Å². The lowest BCUT2D eigenvalue weighted by Crippen LogP contribution is -2.40. The van der Waals surface area contributed by atoms with Gasteiger partial charge < -0.3 is 10.4 Å². The summed E-state index contributed by atoms with van der Waals surface area (Å²) in [5, 5.41) is 11.2. The molecule has 2 rings (SSSR count). The first-order valence-corrected chi connectivity index (χ1v) is 9.65. The highest BCUT2D eigenvalue weighted by molar-refractivity contribution is 7.92. The zero-order valence-electron chi connectivity index (χ0n) is 13.9. The third-order valence-electron chi connectivity index (χ3n) is 4.68. The molecule has 0 spiro atoms. The lowest BCUT2D eigenvalue weighted by atomic mass is 10.0. The lowest BCUT2D eigenvalue weighted by molar-refractivity contribution is -0.141. The van der Waals surface area contributed by atoms with Gasteiger partial charge in [-0.15, -0.1) is 0 Å². The molecule has 7 heteroatoms. The molecule has 1 fully saturated rings. The van der Waals surface area contributed by atoms with E-state index in [1.807, 2.05) is 0 Å². The Labute approximate surface area is 142 Å². The number of benzene rings is 1. The van der Waals surface area contributed by atoms with Crippen LogP contribution in [0.1, 0.15) is 49.9 Å². The molecule has 1 saturated carbocycles. The fourth-order valence-corrected chi connectivity index (χ4v) is 4.67. The summed E-state index contributed by atoms with van der Waals surface area (Å²) in [5.74, 6) is -2.11. The van der Waals surface area contributed by atoms with Crippen molar-refractivity contribution in [1.82, 2.24) is 5.32 Å². The molecular formula is C17H23NO5S. The second-order valence-corrected chi connectivity index (χ2v) is 8.59. The summed E-state index contributed by atoms with van der Waals surface area (Å²) < 4.78 is 25.0. The number of carbonyl (C=O) groups is 2. The first-order valence-electron chi connectivity index (χ1n) is 8.11. The van der Waals surface area contributed by atoms with Crippen LogP contribution >= 0.6 is 0 Å². The Kier molecular flexibility index (Phi) is 5.64. The van der Waals surface area contributed by atoms with Crippen molar-refractivity contribution in [2.24, 2.45) is 5.92 Å². The molecule has 1 aromatic carbocycles. The largest absolute Gasteiger partial charge is 0.481 e. The fourth-order valence-electron chi connectivity index (χ4n) is 2.82. The average molecular weight is 353 g/mol. The Morgan fingerprint density at radius 2 is 1.67 bits per heavy atom. The number of nitrogens with one attached hydrogen (secondary N) is 1. The lowest BCUT2D eigenvalue weighted by Gasteiger charge is -2.18. The van der Waals surface area contributed by atoms with E-state index in [1.165, 1.54) is 31.2 Å². The highest BCUT2D eigenvalue weighted by Gasteiger charge is 2.30. The quantitative estimate of drug-likeness (QED) is 0.817. The number of rotatable bonds is 6. The molecule has 0 heterocycles. The Bertz CT molecular complexity index is 705. The highest BCUT2D eigenvalue weighted by Crippen LogP contribution is 2.29. The van der Waals surface area contributed by atoms with Gasteiger partial charge >= 0.3 is 5.97 Å². The molecule has 132 valence electrons. The molecule has 1 aliphatic carbocycles. The van der Waals surface area contributed by atoms with Crippen LogP contribution in [0.3, 0.4) is 0 Å². The van der Waals surface area contributed by atoms with E-state index < -0.39 is 33.7 Å². The van der Waals surface area contributed by atoms with Crippen molar-refractivity contribution in [2.75, 3.05) is 0 Å². The van der Waals surface area contributed by atoms with Crippen molar-refractivity contribution in [3.05, 3.63) is 29.8 Å². The zero-order valence-corrected chi connectivity index (χ0v) is 14.7. The van der Waals surface area contributed by atoms with Gasteiger partial charge in [-0.25, -0.2) is 8.42 Å². The second-order valence-electron chi connectivity index (χ2n) is 6.36. The molecule has 0 saturated heterocycles. The van der Waals surface area contributed by atoms with Crippen LogP contribution < -0.4 is 5.32 Å². The molecule has 24 heavy (non-hydrogen) atoms. The van der Waals surface area contributed by atoms with E-state index in [4.69, 9.17) is 5.11 Å². The van der Waals surface area contributed by atoms with Crippen LogP contribution in [0.2, 0.25) is 0 Å². The average Bonchev–Trinajstić information content (AvgIpc) is 3.09. The number of sulfone groups is 1. The summed E-state index contributed by atoms with van der Waals surface area (Å²) in [6, 6.07) is 5.31. The van der Waals surface area contributed by atoms with Gasteiger partial charge in [0.2, 0.25) is 0 Å². The van der Waals surface area contributed by atoms with Crippen molar-refractivity contribution >= 4 is 21.7 Å². The molecule has 2 unspecified atom stereocenters. The second kappa shape index (κ2) is 7.34. The molecule has 0 radical (unpaired) electrons. The maximum atomic E-state index is 12.5. The predicted molar refractivity (Wildman–Crippen MR) is 89.6 cm³/mol. The van der Waals surface area contributed by atoms with Crippen LogP contribution in [-0.4, -0.2) is 36.7 Å². The molecular weight excluding hydrogens is 330 g/mol. The maximum absolute atomic E-state index is 12.5. The van der Waals surface area contributed by atoms with Crippen molar-refractivity contribution in [3.8, 4) is 0 Å². The van der Waals surface area contributed by atoms with Crippen LogP contribution in [0.15, 0.2) is 29.2 Å². The summed E-state index contributed by atoms with van der Waals surface area (Å²) >= 11 is 0. The molecule has 1 aromatic rings.